The quantitative estimate of drug-likeness (QED) is 0.881. The fourth-order valence-corrected chi connectivity index (χ4v) is 3.35. The van der Waals surface area contributed by atoms with Crippen LogP contribution in [-0.4, -0.2) is 37.0 Å². The maximum atomic E-state index is 12.4. The number of piperazine rings is 1. The molecule has 2 aromatic rings. The van der Waals surface area contributed by atoms with Crippen LogP contribution in [0.5, 0.6) is 0 Å². The van der Waals surface area contributed by atoms with Gasteiger partial charge in [0.15, 0.2) is 0 Å². The molecule has 1 N–H and O–H groups in total. The van der Waals surface area contributed by atoms with Crippen molar-refractivity contribution in [3.05, 3.63) is 65.7 Å². The molecular weight excluding hydrogens is 292 g/mol. The number of hydrogen-bond donors (Lipinski definition) is 1. The number of carbonyl (C=O) groups is 1. The lowest BCUT2D eigenvalue weighted by Crippen LogP contribution is -2.46. The lowest BCUT2D eigenvalue weighted by molar-refractivity contribution is 0.0736. The largest absolute Gasteiger partial charge is 0.336 e. The summed E-state index contributed by atoms with van der Waals surface area (Å²) in [5.74, 6) is 1.07. The topological polar surface area (TPSA) is 32.3 Å². The zero-order valence-corrected chi connectivity index (χ0v) is 13.3. The molecule has 2 aromatic carbocycles. The summed E-state index contributed by atoms with van der Waals surface area (Å²) in [7, 11) is 0. The van der Waals surface area contributed by atoms with E-state index in [1.807, 2.05) is 34.9 Å². The fourth-order valence-electron chi connectivity index (χ4n) is 2.48. The summed E-state index contributed by atoms with van der Waals surface area (Å²) in [6.45, 7) is 3.37. The van der Waals surface area contributed by atoms with E-state index in [2.05, 4.69) is 41.7 Å². The smallest absolute Gasteiger partial charge is 0.253 e. The van der Waals surface area contributed by atoms with E-state index >= 15 is 0 Å². The molecule has 1 aliphatic heterocycles. The van der Waals surface area contributed by atoms with E-state index in [0.29, 0.717) is 0 Å². The van der Waals surface area contributed by atoms with Crippen molar-refractivity contribution in [1.29, 1.82) is 0 Å². The SMILES string of the molecule is O=C(c1ccc(CSc2ccccc2)cc1)N1CCNCC1. The number of carbonyl (C=O) groups excluding carboxylic acids is 1. The van der Waals surface area contributed by atoms with E-state index in [0.717, 1.165) is 37.5 Å². The van der Waals surface area contributed by atoms with Crippen LogP contribution < -0.4 is 5.32 Å². The molecule has 0 radical (unpaired) electrons. The Morgan fingerprint density at radius 1 is 1.00 bits per heavy atom. The van der Waals surface area contributed by atoms with Crippen LogP contribution in [0, 0.1) is 0 Å². The highest BCUT2D eigenvalue weighted by Crippen LogP contribution is 2.22. The van der Waals surface area contributed by atoms with Crippen LogP contribution in [0.2, 0.25) is 0 Å². The minimum atomic E-state index is 0.142. The second-order valence-corrected chi connectivity index (χ2v) is 6.39. The first kappa shape index (κ1) is 15.1. The molecule has 3 rings (SSSR count). The molecule has 0 atom stereocenters. The maximum absolute atomic E-state index is 12.4. The highest BCUT2D eigenvalue weighted by Gasteiger charge is 2.17. The molecule has 1 fully saturated rings. The lowest BCUT2D eigenvalue weighted by Gasteiger charge is -2.27. The first-order valence-electron chi connectivity index (χ1n) is 7.60. The molecule has 0 unspecified atom stereocenters. The third kappa shape index (κ3) is 3.90. The van der Waals surface area contributed by atoms with Crippen molar-refractivity contribution in [2.45, 2.75) is 10.6 Å². The van der Waals surface area contributed by atoms with Crippen LogP contribution in [0.3, 0.4) is 0 Å². The van der Waals surface area contributed by atoms with Crippen molar-refractivity contribution in [3.8, 4) is 0 Å². The monoisotopic (exact) mass is 312 g/mol. The minimum absolute atomic E-state index is 0.142. The van der Waals surface area contributed by atoms with Crippen molar-refractivity contribution in [2.75, 3.05) is 26.2 Å². The maximum Gasteiger partial charge on any atom is 0.253 e. The highest BCUT2D eigenvalue weighted by atomic mass is 32.2. The molecule has 0 aromatic heterocycles. The number of thioether (sulfide) groups is 1. The molecule has 1 heterocycles. The van der Waals surface area contributed by atoms with Crippen LogP contribution >= 0.6 is 11.8 Å². The molecular formula is C18H20N2OS. The number of rotatable bonds is 4. The van der Waals surface area contributed by atoms with E-state index in [1.54, 1.807) is 0 Å². The Labute approximate surface area is 135 Å². The second-order valence-electron chi connectivity index (χ2n) is 5.34. The Bertz CT molecular complexity index is 607. The van der Waals surface area contributed by atoms with Gasteiger partial charge in [0.1, 0.15) is 0 Å². The third-order valence-electron chi connectivity index (χ3n) is 3.75. The Morgan fingerprint density at radius 3 is 2.36 bits per heavy atom. The molecule has 0 spiro atoms. The van der Waals surface area contributed by atoms with E-state index in [1.165, 1.54) is 10.5 Å². The van der Waals surface area contributed by atoms with Gasteiger partial charge in [0.25, 0.3) is 5.91 Å². The first-order valence-corrected chi connectivity index (χ1v) is 8.58. The van der Waals surface area contributed by atoms with Gasteiger partial charge in [-0.1, -0.05) is 30.3 Å². The Morgan fingerprint density at radius 2 is 1.68 bits per heavy atom. The molecule has 3 nitrogen and oxygen atoms in total. The molecule has 0 saturated carbocycles. The van der Waals surface area contributed by atoms with Gasteiger partial charge in [0.2, 0.25) is 0 Å². The van der Waals surface area contributed by atoms with Crippen molar-refractivity contribution in [1.82, 2.24) is 10.2 Å². The molecule has 0 aliphatic carbocycles. The standard InChI is InChI=1S/C18H20N2OS/c21-18(20-12-10-19-11-13-20)16-8-6-15(7-9-16)14-22-17-4-2-1-3-5-17/h1-9,19H,10-14H2. The van der Waals surface area contributed by atoms with Crippen molar-refractivity contribution >= 4 is 17.7 Å². The van der Waals surface area contributed by atoms with Gasteiger partial charge < -0.3 is 10.2 Å². The molecule has 1 saturated heterocycles. The molecule has 22 heavy (non-hydrogen) atoms. The van der Waals surface area contributed by atoms with Crippen molar-refractivity contribution in [2.24, 2.45) is 0 Å². The third-order valence-corrected chi connectivity index (χ3v) is 4.84. The van der Waals surface area contributed by atoms with E-state index in [-0.39, 0.29) is 5.91 Å². The summed E-state index contributed by atoms with van der Waals surface area (Å²) >= 11 is 1.81. The van der Waals surface area contributed by atoms with Gasteiger partial charge in [-0.05, 0) is 29.8 Å². The summed E-state index contributed by atoms with van der Waals surface area (Å²) in [5.41, 5.74) is 2.03. The van der Waals surface area contributed by atoms with Gasteiger partial charge in [-0.25, -0.2) is 0 Å². The first-order chi connectivity index (χ1) is 10.8. The zero-order valence-electron chi connectivity index (χ0n) is 12.5. The van der Waals surface area contributed by atoms with Gasteiger partial charge in [-0.3, -0.25) is 4.79 Å². The predicted octanol–water partition coefficient (Wildman–Crippen LogP) is 3.02. The van der Waals surface area contributed by atoms with Crippen molar-refractivity contribution < 1.29 is 4.79 Å². The fraction of sp³-hybridized carbons (Fsp3) is 0.278. The second kappa shape index (κ2) is 7.47. The molecule has 1 amide bonds. The molecule has 0 bridgehead atoms. The van der Waals surface area contributed by atoms with E-state index in [4.69, 9.17) is 0 Å². The number of amides is 1. The number of benzene rings is 2. The number of nitrogens with one attached hydrogen (secondary N) is 1. The average Bonchev–Trinajstić information content (AvgIpc) is 2.61. The number of nitrogens with zero attached hydrogens (tertiary/aromatic N) is 1. The van der Waals surface area contributed by atoms with Gasteiger partial charge in [0.05, 0.1) is 0 Å². The van der Waals surface area contributed by atoms with Crippen LogP contribution in [-0.2, 0) is 5.75 Å². The van der Waals surface area contributed by atoms with Crippen LogP contribution in [0.4, 0.5) is 0 Å². The lowest BCUT2D eigenvalue weighted by atomic mass is 10.1. The van der Waals surface area contributed by atoms with Crippen LogP contribution in [0.25, 0.3) is 0 Å². The average molecular weight is 312 g/mol. The van der Waals surface area contributed by atoms with E-state index in [9.17, 15) is 4.79 Å². The summed E-state index contributed by atoms with van der Waals surface area (Å²) in [5, 5.41) is 3.27. The Kier molecular flexibility index (Phi) is 5.14. The normalized spacial score (nSPS) is 14.8. The minimum Gasteiger partial charge on any atom is -0.336 e. The van der Waals surface area contributed by atoms with Gasteiger partial charge in [-0.15, -0.1) is 11.8 Å². The zero-order chi connectivity index (χ0) is 15.2. The van der Waals surface area contributed by atoms with Crippen molar-refractivity contribution in [3.63, 3.8) is 0 Å². The Balaban J connectivity index is 1.59. The highest BCUT2D eigenvalue weighted by molar-refractivity contribution is 7.98. The van der Waals surface area contributed by atoms with Crippen LogP contribution in [0.1, 0.15) is 15.9 Å². The summed E-state index contributed by atoms with van der Waals surface area (Å²) < 4.78 is 0. The summed E-state index contributed by atoms with van der Waals surface area (Å²) in [4.78, 5) is 15.6. The molecule has 114 valence electrons. The van der Waals surface area contributed by atoms with E-state index < -0.39 is 0 Å². The number of hydrogen-bond acceptors (Lipinski definition) is 3. The van der Waals surface area contributed by atoms with Gasteiger partial charge in [-0.2, -0.15) is 0 Å². The van der Waals surface area contributed by atoms with Gasteiger partial charge in [0, 0.05) is 42.4 Å². The Hall–Kier alpha value is -1.78. The van der Waals surface area contributed by atoms with Gasteiger partial charge >= 0.3 is 0 Å². The summed E-state index contributed by atoms with van der Waals surface area (Å²) in [6, 6.07) is 18.4. The molecule has 4 heteroatoms. The molecule has 1 aliphatic rings. The van der Waals surface area contributed by atoms with Crippen LogP contribution in [0.15, 0.2) is 59.5 Å². The summed E-state index contributed by atoms with van der Waals surface area (Å²) in [6.07, 6.45) is 0. The predicted molar refractivity (Wildman–Crippen MR) is 91.2 cm³/mol.